The fourth-order valence-electron chi connectivity index (χ4n) is 3.54. The molecule has 1 unspecified atom stereocenters. The van der Waals surface area contributed by atoms with E-state index in [0.717, 1.165) is 29.9 Å². The van der Waals surface area contributed by atoms with Gasteiger partial charge in [-0.2, -0.15) is 5.10 Å². The molecule has 24 heavy (non-hydrogen) atoms. The summed E-state index contributed by atoms with van der Waals surface area (Å²) >= 11 is 0. The molecule has 1 aromatic heterocycles. The molecule has 3 nitrogen and oxygen atoms in total. The summed E-state index contributed by atoms with van der Waals surface area (Å²) in [5, 5.41) is 9.09. The second kappa shape index (κ2) is 7.82. The van der Waals surface area contributed by atoms with Crippen molar-refractivity contribution in [1.82, 2.24) is 15.1 Å². The van der Waals surface area contributed by atoms with Crippen LogP contribution in [0.1, 0.15) is 37.9 Å². The van der Waals surface area contributed by atoms with Crippen molar-refractivity contribution in [3.8, 4) is 11.3 Å². The summed E-state index contributed by atoms with van der Waals surface area (Å²) in [5.74, 6) is 0. The highest BCUT2D eigenvalue weighted by Gasteiger charge is 2.21. The van der Waals surface area contributed by atoms with Gasteiger partial charge in [-0.1, -0.05) is 50.2 Å². The maximum Gasteiger partial charge on any atom is 0.100 e. The lowest BCUT2D eigenvalue weighted by Gasteiger charge is -2.28. The Morgan fingerprint density at radius 3 is 2.33 bits per heavy atom. The van der Waals surface area contributed by atoms with Crippen LogP contribution in [0.25, 0.3) is 22.2 Å². The Hall–Kier alpha value is -1.84. The Balaban J connectivity index is 0.00000208. The number of nitrogens with zero attached hydrogens (tertiary/aromatic N) is 2. The third kappa shape index (κ3) is 3.19. The Kier molecular flexibility index (Phi) is 6.03. The molecule has 0 spiro atoms. The summed E-state index contributed by atoms with van der Waals surface area (Å²) < 4.78 is 0. The zero-order valence-electron chi connectivity index (χ0n) is 14.8. The molecule has 2 aromatic carbocycles. The molecule has 1 heterocycles. The van der Waals surface area contributed by atoms with E-state index in [9.17, 15) is 0 Å². The van der Waals surface area contributed by atoms with Crippen LogP contribution in [0.3, 0.4) is 0 Å². The Morgan fingerprint density at radius 2 is 1.71 bits per heavy atom. The lowest BCUT2D eigenvalue weighted by molar-refractivity contribution is 0.235. The quantitative estimate of drug-likeness (QED) is 0.676. The first-order valence-electron chi connectivity index (χ1n) is 8.44. The Bertz CT molecular complexity index is 791. The molecule has 0 saturated heterocycles. The Labute approximate surface area is 150 Å². The van der Waals surface area contributed by atoms with Crippen molar-refractivity contribution in [2.75, 3.05) is 13.1 Å². The summed E-state index contributed by atoms with van der Waals surface area (Å²) in [6, 6.07) is 15.1. The number of rotatable bonds is 5. The van der Waals surface area contributed by atoms with E-state index in [1.165, 1.54) is 16.5 Å². The van der Waals surface area contributed by atoms with Crippen molar-refractivity contribution in [3.63, 3.8) is 0 Å². The minimum atomic E-state index is 0. The second-order valence-corrected chi connectivity index (χ2v) is 6.05. The molecule has 0 fully saturated rings. The predicted molar refractivity (Wildman–Crippen MR) is 105 cm³/mol. The summed E-state index contributed by atoms with van der Waals surface area (Å²) in [7, 11) is 0. The highest BCUT2D eigenvalue weighted by atomic mass is 35.5. The van der Waals surface area contributed by atoms with Gasteiger partial charge in [0, 0.05) is 17.0 Å². The zero-order chi connectivity index (χ0) is 16.4. The fourth-order valence-corrected chi connectivity index (χ4v) is 3.54. The van der Waals surface area contributed by atoms with Crippen LogP contribution in [0, 0.1) is 6.92 Å². The van der Waals surface area contributed by atoms with E-state index in [0.29, 0.717) is 6.04 Å². The molecule has 0 bridgehead atoms. The van der Waals surface area contributed by atoms with Gasteiger partial charge >= 0.3 is 0 Å². The monoisotopic (exact) mass is 343 g/mol. The lowest BCUT2D eigenvalue weighted by atomic mass is 9.94. The van der Waals surface area contributed by atoms with E-state index in [4.69, 9.17) is 0 Å². The van der Waals surface area contributed by atoms with Crippen molar-refractivity contribution >= 4 is 23.3 Å². The van der Waals surface area contributed by atoms with Gasteiger partial charge in [0.15, 0.2) is 0 Å². The van der Waals surface area contributed by atoms with E-state index in [-0.39, 0.29) is 12.4 Å². The number of hydrogen-bond acceptors (Lipinski definition) is 2. The normalized spacial score (nSPS) is 12.4. The summed E-state index contributed by atoms with van der Waals surface area (Å²) in [4.78, 5) is 2.49. The van der Waals surface area contributed by atoms with E-state index >= 15 is 0 Å². The first-order chi connectivity index (χ1) is 11.2. The van der Waals surface area contributed by atoms with Gasteiger partial charge in [0.2, 0.25) is 0 Å². The number of aryl methyl sites for hydroxylation is 1. The van der Waals surface area contributed by atoms with Crippen LogP contribution in [-0.4, -0.2) is 28.2 Å². The summed E-state index contributed by atoms with van der Waals surface area (Å²) in [6.07, 6.45) is 0. The number of nitrogens with one attached hydrogen (secondary N) is 1. The van der Waals surface area contributed by atoms with Crippen molar-refractivity contribution in [1.29, 1.82) is 0 Å². The van der Waals surface area contributed by atoms with Crippen molar-refractivity contribution < 1.29 is 0 Å². The average Bonchev–Trinajstić information content (AvgIpc) is 3.00. The number of fused-ring (bicyclic) bond motifs is 1. The van der Waals surface area contributed by atoms with Crippen molar-refractivity contribution in [3.05, 3.63) is 53.6 Å². The first kappa shape index (κ1) is 18.5. The zero-order valence-corrected chi connectivity index (χ0v) is 15.7. The van der Waals surface area contributed by atoms with Gasteiger partial charge < -0.3 is 0 Å². The topological polar surface area (TPSA) is 31.9 Å². The number of benzene rings is 2. The largest absolute Gasteiger partial charge is 0.297 e. The molecule has 4 heteroatoms. The third-order valence-electron chi connectivity index (χ3n) is 4.81. The molecule has 0 radical (unpaired) electrons. The van der Waals surface area contributed by atoms with Crippen LogP contribution in [0.5, 0.6) is 0 Å². The average molecular weight is 344 g/mol. The highest BCUT2D eigenvalue weighted by molar-refractivity contribution is 5.96. The van der Waals surface area contributed by atoms with Crippen LogP contribution in [0.2, 0.25) is 0 Å². The molecule has 0 amide bonds. The van der Waals surface area contributed by atoms with Gasteiger partial charge in [-0.3, -0.25) is 10.00 Å². The van der Waals surface area contributed by atoms with Crippen LogP contribution >= 0.6 is 12.4 Å². The maximum atomic E-state index is 4.62. The van der Waals surface area contributed by atoms with Gasteiger partial charge in [0.1, 0.15) is 5.69 Å². The second-order valence-electron chi connectivity index (χ2n) is 6.05. The molecule has 0 aliphatic carbocycles. The van der Waals surface area contributed by atoms with Crippen LogP contribution in [0.15, 0.2) is 42.5 Å². The maximum absolute atomic E-state index is 4.62. The lowest BCUT2D eigenvalue weighted by Crippen LogP contribution is -2.27. The molecule has 1 atom stereocenters. The fraction of sp³-hybridized carbons (Fsp3) is 0.350. The number of aromatic amines is 1. The molecule has 128 valence electrons. The minimum Gasteiger partial charge on any atom is -0.297 e. The number of hydrogen-bond donors (Lipinski definition) is 1. The van der Waals surface area contributed by atoms with E-state index in [2.05, 4.69) is 79.2 Å². The molecule has 0 aliphatic heterocycles. The minimum absolute atomic E-state index is 0. The summed E-state index contributed by atoms with van der Waals surface area (Å²) in [6.45, 7) is 11.1. The molecule has 0 aliphatic rings. The van der Waals surface area contributed by atoms with Crippen molar-refractivity contribution in [2.45, 2.75) is 33.7 Å². The number of aromatic nitrogens is 2. The van der Waals surface area contributed by atoms with E-state index in [1.807, 2.05) is 6.07 Å². The van der Waals surface area contributed by atoms with Crippen LogP contribution in [-0.2, 0) is 0 Å². The molecular formula is C20H26ClN3. The van der Waals surface area contributed by atoms with Gasteiger partial charge in [-0.15, -0.1) is 12.4 Å². The van der Waals surface area contributed by atoms with Gasteiger partial charge in [0.05, 0.1) is 5.52 Å². The molecular weight excluding hydrogens is 318 g/mol. The molecule has 0 saturated carbocycles. The molecule has 3 rings (SSSR count). The van der Waals surface area contributed by atoms with Crippen LogP contribution < -0.4 is 0 Å². The summed E-state index contributed by atoms with van der Waals surface area (Å²) in [5.41, 5.74) is 6.05. The van der Waals surface area contributed by atoms with Crippen LogP contribution in [0.4, 0.5) is 0 Å². The Morgan fingerprint density at radius 1 is 1.04 bits per heavy atom. The van der Waals surface area contributed by atoms with Gasteiger partial charge in [-0.25, -0.2) is 0 Å². The first-order valence-corrected chi connectivity index (χ1v) is 8.44. The van der Waals surface area contributed by atoms with Gasteiger partial charge in [-0.05, 0) is 44.1 Å². The molecule has 1 N–H and O–H groups in total. The molecule has 3 aromatic rings. The smallest absolute Gasteiger partial charge is 0.100 e. The standard InChI is InChI=1S/C20H25N3.ClH/c1-5-23(6-2)15(4)18-14(3)12-13-17-19(18)20(22-21-17)16-10-8-7-9-11-16;/h7-13,15H,5-6H2,1-4H3,(H,21,22);1H. The third-order valence-corrected chi connectivity index (χ3v) is 4.81. The SMILES string of the molecule is CCN(CC)C(C)c1c(C)ccc2[nH]nc(-c3ccccc3)c12.Cl. The van der Waals surface area contributed by atoms with Crippen molar-refractivity contribution in [2.24, 2.45) is 0 Å². The van der Waals surface area contributed by atoms with Gasteiger partial charge in [0.25, 0.3) is 0 Å². The number of H-pyrrole nitrogens is 1. The number of halogens is 1. The predicted octanol–water partition coefficient (Wildman–Crippen LogP) is 5.36. The highest BCUT2D eigenvalue weighted by Crippen LogP contribution is 2.36. The van der Waals surface area contributed by atoms with E-state index < -0.39 is 0 Å². The van der Waals surface area contributed by atoms with E-state index in [1.54, 1.807) is 0 Å².